The number of hydrogen-bond donors (Lipinski definition) is 2. The van der Waals surface area contributed by atoms with Gasteiger partial charge in [-0.1, -0.05) is 15.9 Å². The Balaban J connectivity index is 2.18. The zero-order chi connectivity index (χ0) is 13.1. The van der Waals surface area contributed by atoms with Crippen LogP contribution >= 0.6 is 15.9 Å². The number of nitrogen functional groups attached to an aromatic ring is 1. The van der Waals surface area contributed by atoms with Crippen LogP contribution in [0.5, 0.6) is 0 Å². The molecule has 0 bridgehead atoms. The summed E-state index contributed by atoms with van der Waals surface area (Å²) in [5.41, 5.74) is 8.63. The third-order valence-corrected chi connectivity index (χ3v) is 3.10. The van der Waals surface area contributed by atoms with E-state index in [1.54, 1.807) is 24.3 Å². The molecule has 0 aliphatic rings. The van der Waals surface area contributed by atoms with Gasteiger partial charge in [-0.3, -0.25) is 4.79 Å². The largest absolute Gasteiger partial charge is 0.399 e. The lowest BCUT2D eigenvalue weighted by atomic mass is 10.1. The van der Waals surface area contributed by atoms with Crippen LogP contribution in [0.15, 0.2) is 46.9 Å². The Bertz CT molecular complexity index is 579. The van der Waals surface area contributed by atoms with Crippen molar-refractivity contribution in [3.05, 3.63) is 58.1 Å². The highest BCUT2D eigenvalue weighted by atomic mass is 79.9. The second-order valence-electron chi connectivity index (χ2n) is 4.04. The van der Waals surface area contributed by atoms with Crippen LogP contribution in [0.1, 0.15) is 15.9 Å². The molecule has 2 aromatic carbocycles. The van der Waals surface area contributed by atoms with Gasteiger partial charge in [0.15, 0.2) is 0 Å². The summed E-state index contributed by atoms with van der Waals surface area (Å²) in [4.78, 5) is 12.0. The molecule has 0 spiro atoms. The van der Waals surface area contributed by atoms with E-state index in [0.717, 1.165) is 15.7 Å². The third kappa shape index (κ3) is 2.90. The maximum Gasteiger partial charge on any atom is 0.255 e. The number of halogens is 1. The standard InChI is InChI=1S/C14H13BrN2O/c1-9-8-11(15)4-7-13(9)17-14(18)10-2-5-12(16)6-3-10/h2-8H,16H2,1H3,(H,17,18). The molecule has 3 nitrogen and oxygen atoms in total. The van der Waals surface area contributed by atoms with Crippen molar-refractivity contribution in [2.75, 3.05) is 11.1 Å². The van der Waals surface area contributed by atoms with Crippen LogP contribution in [-0.4, -0.2) is 5.91 Å². The minimum atomic E-state index is -0.138. The average molecular weight is 305 g/mol. The Hall–Kier alpha value is -1.81. The molecule has 92 valence electrons. The Kier molecular flexibility index (Phi) is 3.67. The fourth-order valence-electron chi connectivity index (χ4n) is 1.60. The molecule has 0 saturated heterocycles. The fraction of sp³-hybridized carbons (Fsp3) is 0.0714. The number of benzene rings is 2. The average Bonchev–Trinajstić information content (AvgIpc) is 2.33. The Morgan fingerprint density at radius 1 is 1.17 bits per heavy atom. The van der Waals surface area contributed by atoms with Crippen LogP contribution in [0, 0.1) is 6.92 Å². The van der Waals surface area contributed by atoms with E-state index >= 15 is 0 Å². The number of anilines is 2. The van der Waals surface area contributed by atoms with Gasteiger partial charge in [-0.15, -0.1) is 0 Å². The van der Waals surface area contributed by atoms with Gasteiger partial charge in [0, 0.05) is 21.4 Å². The minimum Gasteiger partial charge on any atom is -0.399 e. The summed E-state index contributed by atoms with van der Waals surface area (Å²) < 4.78 is 0.991. The topological polar surface area (TPSA) is 55.1 Å². The molecule has 0 aliphatic heterocycles. The quantitative estimate of drug-likeness (QED) is 0.833. The first-order chi connectivity index (χ1) is 8.56. The van der Waals surface area contributed by atoms with E-state index in [2.05, 4.69) is 21.2 Å². The van der Waals surface area contributed by atoms with Gasteiger partial charge in [0.05, 0.1) is 0 Å². The highest BCUT2D eigenvalue weighted by Crippen LogP contribution is 2.20. The van der Waals surface area contributed by atoms with Gasteiger partial charge in [-0.25, -0.2) is 0 Å². The first-order valence-electron chi connectivity index (χ1n) is 5.49. The number of carbonyl (C=O) groups is 1. The van der Waals surface area contributed by atoms with Gasteiger partial charge >= 0.3 is 0 Å². The van der Waals surface area contributed by atoms with Crippen LogP contribution in [0.4, 0.5) is 11.4 Å². The maximum absolute atomic E-state index is 12.0. The predicted molar refractivity (Wildman–Crippen MR) is 77.7 cm³/mol. The summed E-state index contributed by atoms with van der Waals surface area (Å²) in [7, 11) is 0. The van der Waals surface area contributed by atoms with Crippen LogP contribution < -0.4 is 11.1 Å². The molecule has 0 aliphatic carbocycles. The highest BCUT2D eigenvalue weighted by Gasteiger charge is 2.07. The van der Waals surface area contributed by atoms with E-state index in [1.807, 2.05) is 25.1 Å². The Labute approximate surface area is 114 Å². The molecule has 1 amide bonds. The lowest BCUT2D eigenvalue weighted by molar-refractivity contribution is 0.102. The molecule has 3 N–H and O–H groups in total. The number of rotatable bonds is 2. The van der Waals surface area contributed by atoms with Crippen LogP contribution in [0.25, 0.3) is 0 Å². The second-order valence-corrected chi connectivity index (χ2v) is 4.95. The predicted octanol–water partition coefficient (Wildman–Crippen LogP) is 3.59. The highest BCUT2D eigenvalue weighted by molar-refractivity contribution is 9.10. The van der Waals surface area contributed by atoms with E-state index in [-0.39, 0.29) is 5.91 Å². The van der Waals surface area contributed by atoms with Crippen LogP contribution in [-0.2, 0) is 0 Å². The molecule has 0 unspecified atom stereocenters. The monoisotopic (exact) mass is 304 g/mol. The van der Waals surface area contributed by atoms with Gasteiger partial charge in [0.1, 0.15) is 0 Å². The van der Waals surface area contributed by atoms with E-state index < -0.39 is 0 Å². The Morgan fingerprint density at radius 3 is 2.44 bits per heavy atom. The number of nitrogens with one attached hydrogen (secondary N) is 1. The molecule has 0 atom stereocenters. The van der Waals surface area contributed by atoms with Gasteiger partial charge in [0.2, 0.25) is 0 Å². The van der Waals surface area contributed by atoms with Gasteiger partial charge in [-0.2, -0.15) is 0 Å². The first kappa shape index (κ1) is 12.6. The van der Waals surface area contributed by atoms with Crippen molar-refractivity contribution >= 4 is 33.2 Å². The Morgan fingerprint density at radius 2 is 1.83 bits per heavy atom. The van der Waals surface area contributed by atoms with E-state index in [9.17, 15) is 4.79 Å². The maximum atomic E-state index is 12.0. The summed E-state index contributed by atoms with van der Waals surface area (Å²) in [6, 6.07) is 12.6. The summed E-state index contributed by atoms with van der Waals surface area (Å²) in [5, 5.41) is 2.87. The zero-order valence-corrected chi connectivity index (χ0v) is 11.5. The van der Waals surface area contributed by atoms with Gasteiger partial charge in [0.25, 0.3) is 5.91 Å². The normalized spacial score (nSPS) is 10.1. The molecule has 0 heterocycles. The van der Waals surface area contributed by atoms with Crippen molar-refractivity contribution in [3.63, 3.8) is 0 Å². The lowest BCUT2D eigenvalue weighted by Crippen LogP contribution is -2.12. The summed E-state index contributed by atoms with van der Waals surface area (Å²) in [6.45, 7) is 1.95. The summed E-state index contributed by atoms with van der Waals surface area (Å²) in [6.07, 6.45) is 0. The molecule has 0 aromatic heterocycles. The SMILES string of the molecule is Cc1cc(Br)ccc1NC(=O)c1ccc(N)cc1. The molecule has 0 saturated carbocycles. The smallest absolute Gasteiger partial charge is 0.255 e. The van der Waals surface area contributed by atoms with Gasteiger partial charge < -0.3 is 11.1 Å². The first-order valence-corrected chi connectivity index (χ1v) is 6.28. The molecule has 2 rings (SSSR count). The van der Waals surface area contributed by atoms with E-state index in [4.69, 9.17) is 5.73 Å². The van der Waals surface area contributed by atoms with Crippen molar-refractivity contribution in [1.82, 2.24) is 0 Å². The van der Waals surface area contributed by atoms with Gasteiger partial charge in [-0.05, 0) is 55.0 Å². The van der Waals surface area contributed by atoms with Crippen molar-refractivity contribution in [3.8, 4) is 0 Å². The fourth-order valence-corrected chi connectivity index (χ4v) is 2.07. The second kappa shape index (κ2) is 5.23. The molecule has 4 heteroatoms. The van der Waals surface area contributed by atoms with Crippen LogP contribution in [0.2, 0.25) is 0 Å². The van der Waals surface area contributed by atoms with Crippen LogP contribution in [0.3, 0.4) is 0 Å². The molecular weight excluding hydrogens is 292 g/mol. The molecule has 18 heavy (non-hydrogen) atoms. The number of hydrogen-bond acceptors (Lipinski definition) is 2. The van der Waals surface area contributed by atoms with Crippen molar-refractivity contribution < 1.29 is 4.79 Å². The van der Waals surface area contributed by atoms with E-state index in [1.165, 1.54) is 0 Å². The third-order valence-electron chi connectivity index (χ3n) is 2.61. The molecule has 0 fully saturated rings. The van der Waals surface area contributed by atoms with Crippen molar-refractivity contribution in [2.45, 2.75) is 6.92 Å². The number of carbonyl (C=O) groups excluding carboxylic acids is 1. The number of nitrogens with two attached hydrogens (primary N) is 1. The molecule has 0 radical (unpaired) electrons. The van der Waals surface area contributed by atoms with Crippen molar-refractivity contribution in [1.29, 1.82) is 0 Å². The lowest BCUT2D eigenvalue weighted by Gasteiger charge is -2.08. The van der Waals surface area contributed by atoms with Crippen molar-refractivity contribution in [2.24, 2.45) is 0 Å². The molecular formula is C14H13BrN2O. The molecule has 2 aromatic rings. The number of amides is 1. The number of aryl methyl sites for hydroxylation is 1. The van der Waals surface area contributed by atoms with E-state index in [0.29, 0.717) is 11.3 Å². The summed E-state index contributed by atoms with van der Waals surface area (Å²) in [5.74, 6) is -0.138. The zero-order valence-electron chi connectivity index (χ0n) is 9.91. The minimum absolute atomic E-state index is 0.138. The summed E-state index contributed by atoms with van der Waals surface area (Å²) >= 11 is 3.39.